The molecule has 1 spiro atoms. The number of methoxy groups -OCH3 is 1. The van der Waals surface area contributed by atoms with E-state index in [0.717, 1.165) is 73.5 Å². The highest BCUT2D eigenvalue weighted by Gasteiger charge is 2.40. The molecule has 4 nitrogen and oxygen atoms in total. The fourth-order valence-corrected chi connectivity index (χ4v) is 4.84. The molecule has 0 bridgehead atoms. The van der Waals surface area contributed by atoms with Crippen molar-refractivity contribution in [3.8, 4) is 22.6 Å². The summed E-state index contributed by atoms with van der Waals surface area (Å²) < 4.78 is 31.7. The zero-order valence-corrected chi connectivity index (χ0v) is 19.1. The number of rotatable bonds is 6. The Hall–Kier alpha value is -2.89. The van der Waals surface area contributed by atoms with Crippen molar-refractivity contribution in [3.05, 3.63) is 83.7 Å². The molecule has 1 saturated heterocycles. The molecule has 2 aliphatic heterocycles. The van der Waals surface area contributed by atoms with E-state index in [1.54, 1.807) is 19.2 Å². The topological polar surface area (TPSA) is 30.9 Å². The molecule has 5 rings (SSSR count). The van der Waals surface area contributed by atoms with Crippen molar-refractivity contribution in [2.24, 2.45) is 0 Å². The van der Waals surface area contributed by atoms with Crippen LogP contribution in [0, 0.1) is 5.82 Å². The van der Waals surface area contributed by atoms with Crippen molar-refractivity contribution >= 4 is 0 Å². The zero-order chi connectivity index (χ0) is 22.7. The van der Waals surface area contributed by atoms with Crippen molar-refractivity contribution in [3.63, 3.8) is 0 Å². The molecule has 33 heavy (non-hydrogen) atoms. The van der Waals surface area contributed by atoms with E-state index in [1.807, 2.05) is 36.4 Å². The number of benzene rings is 3. The lowest BCUT2D eigenvalue weighted by atomic mass is 9.98. The van der Waals surface area contributed by atoms with Crippen LogP contribution >= 0.6 is 0 Å². The molecule has 172 valence electrons. The minimum Gasteiger partial charge on any atom is -0.496 e. The number of aryl methyl sites for hydroxylation is 1. The molecule has 5 heteroatoms. The quantitative estimate of drug-likeness (QED) is 0.475. The maximum absolute atomic E-state index is 13.6. The maximum Gasteiger partial charge on any atom is 0.213 e. The lowest BCUT2D eigenvalue weighted by molar-refractivity contribution is -0.228. The first-order valence-corrected chi connectivity index (χ1v) is 11.7. The summed E-state index contributed by atoms with van der Waals surface area (Å²) in [5.74, 6) is 1.09. The molecular formula is C28H30FNO3. The number of likely N-dealkylation sites (tertiary alicyclic amines) is 1. The number of hydrogen-bond acceptors (Lipinski definition) is 4. The van der Waals surface area contributed by atoms with Crippen LogP contribution in [0.4, 0.5) is 4.39 Å². The van der Waals surface area contributed by atoms with Gasteiger partial charge in [-0.25, -0.2) is 4.39 Å². The van der Waals surface area contributed by atoms with Crippen LogP contribution in [0.5, 0.6) is 11.5 Å². The zero-order valence-electron chi connectivity index (χ0n) is 19.1. The molecular weight excluding hydrogens is 417 g/mol. The van der Waals surface area contributed by atoms with Gasteiger partial charge in [0, 0.05) is 31.5 Å². The molecule has 0 N–H and O–H groups in total. The second-order valence-corrected chi connectivity index (χ2v) is 8.89. The van der Waals surface area contributed by atoms with E-state index in [-0.39, 0.29) is 5.82 Å². The summed E-state index contributed by atoms with van der Waals surface area (Å²) in [4.78, 5) is 2.50. The van der Waals surface area contributed by atoms with Gasteiger partial charge in [0.25, 0.3) is 0 Å². The summed E-state index contributed by atoms with van der Waals surface area (Å²) in [5.41, 5.74) is 4.11. The third-order valence-corrected chi connectivity index (χ3v) is 6.74. The molecule has 0 atom stereocenters. The highest BCUT2D eigenvalue weighted by Crippen LogP contribution is 2.39. The van der Waals surface area contributed by atoms with Crippen molar-refractivity contribution in [1.29, 1.82) is 0 Å². The summed E-state index contributed by atoms with van der Waals surface area (Å²) in [6.07, 6.45) is 3.82. The Morgan fingerprint density at radius 3 is 2.61 bits per heavy atom. The average molecular weight is 448 g/mol. The maximum atomic E-state index is 13.6. The van der Waals surface area contributed by atoms with Crippen LogP contribution in [-0.2, 0) is 17.8 Å². The minimum absolute atomic E-state index is 0.230. The van der Waals surface area contributed by atoms with E-state index in [1.165, 1.54) is 11.6 Å². The lowest BCUT2D eigenvalue weighted by Gasteiger charge is -2.44. The fraction of sp³-hybridized carbons (Fsp3) is 0.357. The Bertz CT molecular complexity index is 1110. The predicted octanol–water partition coefficient (Wildman–Crippen LogP) is 5.84. The number of hydrogen-bond donors (Lipinski definition) is 0. The average Bonchev–Trinajstić information content (AvgIpc) is 2.85. The largest absolute Gasteiger partial charge is 0.496 e. The SMILES string of the molecule is COc1ccccc1CCCN1CCC2(CC1)OCc1cc(-c3cccc(F)c3)ccc1O2. The molecule has 2 heterocycles. The van der Waals surface area contributed by atoms with E-state index in [0.29, 0.717) is 6.61 Å². The Balaban J connectivity index is 1.16. The molecule has 0 radical (unpaired) electrons. The predicted molar refractivity (Wildman–Crippen MR) is 127 cm³/mol. The summed E-state index contributed by atoms with van der Waals surface area (Å²) >= 11 is 0. The number of nitrogens with zero attached hydrogens (tertiary/aromatic N) is 1. The molecule has 3 aromatic carbocycles. The molecule has 0 unspecified atom stereocenters. The van der Waals surface area contributed by atoms with Crippen molar-refractivity contribution in [2.75, 3.05) is 26.7 Å². The third kappa shape index (κ3) is 4.90. The Kier molecular flexibility index (Phi) is 6.34. The van der Waals surface area contributed by atoms with Crippen LogP contribution in [0.3, 0.4) is 0 Å². The van der Waals surface area contributed by atoms with Gasteiger partial charge in [-0.05, 0) is 66.4 Å². The van der Waals surface area contributed by atoms with Crippen LogP contribution in [0.25, 0.3) is 11.1 Å². The van der Waals surface area contributed by atoms with E-state index in [4.69, 9.17) is 14.2 Å². The van der Waals surface area contributed by atoms with Crippen molar-refractivity contribution in [2.45, 2.75) is 38.1 Å². The van der Waals surface area contributed by atoms with Crippen LogP contribution in [-0.4, -0.2) is 37.4 Å². The van der Waals surface area contributed by atoms with Crippen molar-refractivity contribution in [1.82, 2.24) is 4.90 Å². The standard InChI is InChI=1S/C28H30FNO3/c1-31-26-10-3-2-6-21(26)8-5-15-30-16-13-28(14-17-30)32-20-24-18-23(11-12-27(24)33-28)22-7-4-9-25(29)19-22/h2-4,6-7,9-12,18-19H,5,8,13-17,20H2,1H3. The van der Waals surface area contributed by atoms with Gasteiger partial charge in [-0.1, -0.05) is 36.4 Å². The van der Waals surface area contributed by atoms with Crippen LogP contribution in [0.2, 0.25) is 0 Å². The number of fused-ring (bicyclic) bond motifs is 1. The van der Waals surface area contributed by atoms with Gasteiger partial charge in [0.2, 0.25) is 5.79 Å². The fourth-order valence-electron chi connectivity index (χ4n) is 4.84. The van der Waals surface area contributed by atoms with Crippen LogP contribution in [0.1, 0.15) is 30.4 Å². The van der Waals surface area contributed by atoms with Crippen molar-refractivity contribution < 1.29 is 18.6 Å². The molecule has 1 fully saturated rings. The Labute approximate surface area is 194 Å². The second kappa shape index (κ2) is 9.54. The van der Waals surface area contributed by atoms with E-state index >= 15 is 0 Å². The van der Waals surface area contributed by atoms with Gasteiger partial charge in [-0.3, -0.25) is 0 Å². The van der Waals surface area contributed by atoms with E-state index < -0.39 is 5.79 Å². The Morgan fingerprint density at radius 2 is 1.79 bits per heavy atom. The first-order chi connectivity index (χ1) is 16.1. The van der Waals surface area contributed by atoms with Gasteiger partial charge in [-0.2, -0.15) is 0 Å². The summed E-state index contributed by atoms with van der Waals surface area (Å²) in [6, 6.07) is 21.0. The summed E-state index contributed by atoms with van der Waals surface area (Å²) in [7, 11) is 1.73. The van der Waals surface area contributed by atoms with E-state index in [2.05, 4.69) is 17.0 Å². The highest BCUT2D eigenvalue weighted by molar-refractivity contribution is 5.65. The highest BCUT2D eigenvalue weighted by atomic mass is 19.1. The van der Waals surface area contributed by atoms with Crippen LogP contribution < -0.4 is 9.47 Å². The summed E-state index contributed by atoms with van der Waals surface area (Å²) in [6.45, 7) is 3.50. The minimum atomic E-state index is -0.535. The number of ether oxygens (including phenoxy) is 3. The molecule has 3 aromatic rings. The van der Waals surface area contributed by atoms with E-state index in [9.17, 15) is 4.39 Å². The lowest BCUT2D eigenvalue weighted by Crippen LogP contribution is -2.51. The smallest absolute Gasteiger partial charge is 0.213 e. The van der Waals surface area contributed by atoms with Gasteiger partial charge < -0.3 is 19.1 Å². The van der Waals surface area contributed by atoms with Crippen LogP contribution in [0.15, 0.2) is 66.7 Å². The van der Waals surface area contributed by atoms with Gasteiger partial charge in [0.05, 0.1) is 13.7 Å². The second-order valence-electron chi connectivity index (χ2n) is 8.89. The normalized spacial score (nSPS) is 17.4. The number of para-hydroxylation sites is 1. The molecule has 0 saturated carbocycles. The van der Waals surface area contributed by atoms with Gasteiger partial charge in [-0.15, -0.1) is 0 Å². The monoisotopic (exact) mass is 447 g/mol. The third-order valence-electron chi connectivity index (χ3n) is 6.74. The number of piperidine rings is 1. The van der Waals surface area contributed by atoms with Gasteiger partial charge in [0.1, 0.15) is 17.3 Å². The van der Waals surface area contributed by atoms with Gasteiger partial charge >= 0.3 is 0 Å². The molecule has 0 aliphatic carbocycles. The summed E-state index contributed by atoms with van der Waals surface area (Å²) in [5, 5.41) is 0. The van der Waals surface area contributed by atoms with Gasteiger partial charge in [0.15, 0.2) is 0 Å². The molecule has 0 amide bonds. The number of halogens is 1. The molecule has 0 aromatic heterocycles. The first-order valence-electron chi connectivity index (χ1n) is 11.7. The Morgan fingerprint density at radius 1 is 0.970 bits per heavy atom. The molecule has 2 aliphatic rings. The first kappa shape index (κ1) is 21.9.